The summed E-state index contributed by atoms with van der Waals surface area (Å²) in [5.41, 5.74) is 0.585. The largest absolute Gasteiger partial charge is 0.351 e. The van der Waals surface area contributed by atoms with Crippen LogP contribution in [-0.2, 0) is 16.1 Å². The van der Waals surface area contributed by atoms with Crippen molar-refractivity contribution in [3.8, 4) is 0 Å². The van der Waals surface area contributed by atoms with Crippen molar-refractivity contribution in [2.24, 2.45) is 5.92 Å². The van der Waals surface area contributed by atoms with Crippen molar-refractivity contribution in [2.75, 3.05) is 11.4 Å². The van der Waals surface area contributed by atoms with Gasteiger partial charge in [-0.25, -0.2) is 4.39 Å². The highest BCUT2D eigenvalue weighted by molar-refractivity contribution is 7.16. The number of hydrogen-bond acceptors (Lipinski definition) is 5. The van der Waals surface area contributed by atoms with Gasteiger partial charge in [0, 0.05) is 23.5 Å². The van der Waals surface area contributed by atoms with Gasteiger partial charge in [0.2, 0.25) is 17.6 Å². The van der Waals surface area contributed by atoms with Crippen molar-refractivity contribution < 1.29 is 18.8 Å². The smallest absolute Gasteiger partial charge is 0.227 e. The highest BCUT2D eigenvalue weighted by Crippen LogP contribution is 2.26. The maximum absolute atomic E-state index is 13.1. The zero-order chi connectivity index (χ0) is 20.4. The number of anilines is 1. The second kappa shape index (κ2) is 8.26. The number of amides is 2. The Labute approximate surface area is 174 Å². The highest BCUT2D eigenvalue weighted by atomic mass is 32.1. The van der Waals surface area contributed by atoms with Gasteiger partial charge in [-0.1, -0.05) is 6.07 Å². The van der Waals surface area contributed by atoms with Crippen LogP contribution in [0.4, 0.5) is 10.1 Å². The van der Waals surface area contributed by atoms with E-state index in [4.69, 9.17) is 0 Å². The minimum atomic E-state index is -0.459. The Morgan fingerprint density at radius 1 is 1.10 bits per heavy atom. The van der Waals surface area contributed by atoms with E-state index in [9.17, 15) is 18.8 Å². The Morgan fingerprint density at radius 2 is 1.90 bits per heavy atom. The van der Waals surface area contributed by atoms with Gasteiger partial charge in [-0.15, -0.1) is 22.7 Å². The number of ketones is 1. The first-order valence-corrected chi connectivity index (χ1v) is 10.7. The number of rotatable bonds is 6. The van der Waals surface area contributed by atoms with Crippen molar-refractivity contribution >= 4 is 46.0 Å². The molecule has 0 bridgehead atoms. The van der Waals surface area contributed by atoms with E-state index < -0.39 is 5.92 Å². The van der Waals surface area contributed by atoms with Gasteiger partial charge in [-0.2, -0.15) is 0 Å². The van der Waals surface area contributed by atoms with Crippen molar-refractivity contribution in [1.82, 2.24) is 5.32 Å². The van der Waals surface area contributed by atoms with E-state index in [1.54, 1.807) is 12.1 Å². The molecule has 1 aromatic carbocycles. The average Bonchev–Trinajstić information content (AvgIpc) is 3.47. The number of carbonyl (C=O) groups excluding carboxylic acids is 3. The van der Waals surface area contributed by atoms with Crippen molar-refractivity contribution in [2.45, 2.75) is 13.0 Å². The molecule has 2 aromatic heterocycles. The van der Waals surface area contributed by atoms with Crippen LogP contribution >= 0.6 is 22.7 Å². The second-order valence-corrected chi connectivity index (χ2v) is 8.79. The summed E-state index contributed by atoms with van der Waals surface area (Å²) < 4.78 is 13.1. The van der Waals surface area contributed by atoms with Gasteiger partial charge in [-0.05, 0) is 47.8 Å². The fraction of sp³-hybridized carbons (Fsp3) is 0.190. The summed E-state index contributed by atoms with van der Waals surface area (Å²) in [6.45, 7) is 0.575. The quantitative estimate of drug-likeness (QED) is 0.607. The summed E-state index contributed by atoms with van der Waals surface area (Å²) in [7, 11) is 0. The van der Waals surface area contributed by atoms with Crippen LogP contribution in [0.1, 0.15) is 25.8 Å². The van der Waals surface area contributed by atoms with Crippen LogP contribution in [0.3, 0.4) is 0 Å². The van der Waals surface area contributed by atoms with Gasteiger partial charge < -0.3 is 10.2 Å². The Hall–Kier alpha value is -2.84. The summed E-state index contributed by atoms with van der Waals surface area (Å²) in [5, 5.41) is 4.71. The molecular formula is C21H17FN2O3S2. The molecule has 0 saturated carbocycles. The predicted octanol–water partition coefficient (Wildman–Crippen LogP) is 3.85. The summed E-state index contributed by atoms with van der Waals surface area (Å²) in [6.07, 6.45) is 0.121. The first-order valence-electron chi connectivity index (χ1n) is 9.02. The van der Waals surface area contributed by atoms with E-state index in [2.05, 4.69) is 5.32 Å². The Kier molecular flexibility index (Phi) is 5.55. The summed E-state index contributed by atoms with van der Waals surface area (Å²) in [4.78, 5) is 40.8. The topological polar surface area (TPSA) is 66.5 Å². The molecule has 3 aromatic rings. The lowest BCUT2D eigenvalue weighted by Gasteiger charge is -2.16. The molecule has 2 amide bonds. The maximum atomic E-state index is 13.1. The molecule has 1 aliphatic rings. The standard InChI is InChI=1S/C21H17FN2O3S2/c22-14-3-5-15(6-4-14)24-12-13(10-19(24)25)21(27)23-11-16-7-8-18(29-16)20(26)17-2-1-9-28-17/h1-9,13H,10-12H2,(H,23,27)/t13-/m1/s1. The molecule has 0 spiro atoms. The van der Waals surface area contributed by atoms with Crippen LogP contribution in [0, 0.1) is 11.7 Å². The van der Waals surface area contributed by atoms with E-state index >= 15 is 0 Å². The molecule has 1 saturated heterocycles. The lowest BCUT2D eigenvalue weighted by atomic mass is 10.1. The lowest BCUT2D eigenvalue weighted by molar-refractivity contribution is -0.126. The van der Waals surface area contributed by atoms with Crippen molar-refractivity contribution in [3.05, 3.63) is 74.4 Å². The number of halogens is 1. The molecule has 5 nitrogen and oxygen atoms in total. The molecule has 0 aliphatic carbocycles. The number of thiophene rings is 2. The Balaban J connectivity index is 1.34. The van der Waals surface area contributed by atoms with Gasteiger partial charge in [0.15, 0.2) is 0 Å². The zero-order valence-electron chi connectivity index (χ0n) is 15.3. The second-order valence-electron chi connectivity index (χ2n) is 6.67. The fourth-order valence-corrected chi connectivity index (χ4v) is 4.84. The number of carbonyl (C=O) groups is 3. The summed E-state index contributed by atoms with van der Waals surface area (Å²) in [6, 6.07) is 12.9. The first-order chi connectivity index (χ1) is 14.0. The fourth-order valence-electron chi connectivity index (χ4n) is 3.20. The molecular weight excluding hydrogens is 411 g/mol. The van der Waals surface area contributed by atoms with Gasteiger partial charge in [0.25, 0.3) is 0 Å². The van der Waals surface area contributed by atoms with Crippen LogP contribution in [-0.4, -0.2) is 24.1 Å². The van der Waals surface area contributed by atoms with Crippen molar-refractivity contribution in [1.29, 1.82) is 0 Å². The molecule has 29 heavy (non-hydrogen) atoms. The van der Waals surface area contributed by atoms with Gasteiger partial charge >= 0.3 is 0 Å². The monoisotopic (exact) mass is 428 g/mol. The van der Waals surface area contributed by atoms with E-state index in [1.165, 1.54) is 51.8 Å². The van der Waals surface area contributed by atoms with Crippen LogP contribution in [0.2, 0.25) is 0 Å². The van der Waals surface area contributed by atoms with Gasteiger partial charge in [-0.3, -0.25) is 14.4 Å². The molecule has 4 rings (SSSR count). The molecule has 0 unspecified atom stereocenters. The minimum absolute atomic E-state index is 0.0149. The van der Waals surface area contributed by atoms with Crippen LogP contribution in [0.25, 0.3) is 0 Å². The van der Waals surface area contributed by atoms with E-state index in [1.807, 2.05) is 17.5 Å². The minimum Gasteiger partial charge on any atom is -0.351 e. The highest BCUT2D eigenvalue weighted by Gasteiger charge is 2.35. The molecule has 0 radical (unpaired) electrons. The third-order valence-corrected chi connectivity index (χ3v) is 6.65. The van der Waals surface area contributed by atoms with E-state index in [0.29, 0.717) is 22.0 Å². The van der Waals surface area contributed by atoms with E-state index in [0.717, 1.165) is 4.88 Å². The van der Waals surface area contributed by atoms with Crippen LogP contribution < -0.4 is 10.2 Å². The van der Waals surface area contributed by atoms with Crippen LogP contribution in [0.5, 0.6) is 0 Å². The Bertz CT molecular complexity index is 1040. The molecule has 148 valence electrons. The number of hydrogen-bond donors (Lipinski definition) is 1. The molecule has 1 N–H and O–H groups in total. The normalized spacial score (nSPS) is 16.2. The van der Waals surface area contributed by atoms with Crippen molar-refractivity contribution in [3.63, 3.8) is 0 Å². The van der Waals surface area contributed by atoms with E-state index in [-0.39, 0.29) is 36.4 Å². The Morgan fingerprint density at radius 3 is 2.62 bits per heavy atom. The third kappa shape index (κ3) is 4.28. The third-order valence-electron chi connectivity index (χ3n) is 4.70. The zero-order valence-corrected chi connectivity index (χ0v) is 16.9. The molecule has 1 fully saturated rings. The summed E-state index contributed by atoms with van der Waals surface area (Å²) >= 11 is 2.75. The number of benzene rings is 1. The maximum Gasteiger partial charge on any atom is 0.227 e. The lowest BCUT2D eigenvalue weighted by Crippen LogP contribution is -2.32. The van der Waals surface area contributed by atoms with Gasteiger partial charge in [0.05, 0.1) is 22.2 Å². The SMILES string of the molecule is O=C(c1cccs1)c1ccc(CNC(=O)[C@@H]2CC(=O)N(c3ccc(F)cc3)C2)s1. The molecule has 3 heterocycles. The first kappa shape index (κ1) is 19.5. The molecule has 8 heteroatoms. The number of nitrogens with one attached hydrogen (secondary N) is 1. The van der Waals surface area contributed by atoms with Crippen LogP contribution in [0.15, 0.2) is 53.9 Å². The number of nitrogens with zero attached hydrogens (tertiary/aromatic N) is 1. The molecule has 1 atom stereocenters. The predicted molar refractivity (Wildman–Crippen MR) is 111 cm³/mol. The molecule has 1 aliphatic heterocycles. The summed E-state index contributed by atoms with van der Waals surface area (Å²) in [5.74, 6) is -1.21. The average molecular weight is 429 g/mol. The van der Waals surface area contributed by atoms with Gasteiger partial charge in [0.1, 0.15) is 5.82 Å².